The first-order valence-corrected chi connectivity index (χ1v) is 9.77. The highest BCUT2D eigenvalue weighted by Gasteiger charge is 2.13. The Hall–Kier alpha value is -3.87. The van der Waals surface area contributed by atoms with Crippen LogP contribution >= 0.6 is 0 Å². The van der Waals surface area contributed by atoms with Gasteiger partial charge in [0.1, 0.15) is 17.1 Å². The lowest BCUT2D eigenvalue weighted by Gasteiger charge is -2.10. The minimum absolute atomic E-state index is 0.224. The Balaban J connectivity index is 1.40. The highest BCUT2D eigenvalue weighted by molar-refractivity contribution is 5.74. The normalized spacial score (nSPS) is 10.7. The number of imidazole rings is 1. The van der Waals surface area contributed by atoms with Crippen molar-refractivity contribution in [2.24, 2.45) is 0 Å². The van der Waals surface area contributed by atoms with Crippen molar-refractivity contribution in [1.29, 1.82) is 0 Å². The van der Waals surface area contributed by atoms with Gasteiger partial charge in [-0.15, -0.1) is 0 Å². The molecule has 152 valence electrons. The minimum Gasteiger partial charge on any atom is -0.497 e. The van der Waals surface area contributed by atoms with Crippen molar-refractivity contribution in [1.82, 2.24) is 25.2 Å². The zero-order chi connectivity index (χ0) is 20.8. The van der Waals surface area contributed by atoms with E-state index >= 15 is 0 Å². The molecule has 7 heteroatoms. The van der Waals surface area contributed by atoms with E-state index in [1.54, 1.807) is 13.3 Å². The summed E-state index contributed by atoms with van der Waals surface area (Å²) in [6.45, 7) is 0.885. The number of carbonyl (C=O) groups excluding carboxylic acids is 1. The van der Waals surface area contributed by atoms with Crippen LogP contribution in [0.3, 0.4) is 0 Å². The van der Waals surface area contributed by atoms with Crippen molar-refractivity contribution < 1.29 is 9.53 Å². The van der Waals surface area contributed by atoms with E-state index in [9.17, 15) is 4.79 Å². The largest absolute Gasteiger partial charge is 0.497 e. The molecule has 4 aromatic rings. The van der Waals surface area contributed by atoms with Crippen molar-refractivity contribution >= 4 is 17.2 Å². The second-order valence-corrected chi connectivity index (χ2v) is 6.76. The number of amides is 2. The highest BCUT2D eigenvalue weighted by atomic mass is 16.5. The number of hydrogen-bond donors (Lipinski definition) is 2. The van der Waals surface area contributed by atoms with E-state index < -0.39 is 0 Å². The summed E-state index contributed by atoms with van der Waals surface area (Å²) in [5.41, 5.74) is 3.61. The summed E-state index contributed by atoms with van der Waals surface area (Å²) in [4.78, 5) is 21.4. The molecule has 0 spiro atoms. The first-order chi connectivity index (χ1) is 14.7. The van der Waals surface area contributed by atoms with Gasteiger partial charge in [0, 0.05) is 31.4 Å². The number of hydrogen-bond acceptors (Lipinski definition) is 4. The fourth-order valence-corrected chi connectivity index (χ4v) is 3.29. The fraction of sp³-hybridized carbons (Fsp3) is 0.174. The molecule has 30 heavy (non-hydrogen) atoms. The molecular weight excluding hydrogens is 378 g/mol. The number of nitrogens with one attached hydrogen (secondary N) is 2. The van der Waals surface area contributed by atoms with Crippen LogP contribution in [-0.2, 0) is 13.0 Å². The summed E-state index contributed by atoms with van der Waals surface area (Å²) < 4.78 is 7.24. The molecule has 0 atom stereocenters. The number of aromatic nitrogens is 3. The number of carbonyl (C=O) groups is 1. The van der Waals surface area contributed by atoms with E-state index in [0.717, 1.165) is 34.0 Å². The minimum atomic E-state index is -0.224. The van der Waals surface area contributed by atoms with Crippen LogP contribution in [0.4, 0.5) is 4.79 Å². The van der Waals surface area contributed by atoms with Crippen LogP contribution in [0.15, 0.2) is 72.9 Å². The van der Waals surface area contributed by atoms with Crippen molar-refractivity contribution in [3.63, 3.8) is 0 Å². The molecule has 2 aromatic heterocycles. The summed E-state index contributed by atoms with van der Waals surface area (Å²) in [6.07, 6.45) is 2.34. The monoisotopic (exact) mass is 401 g/mol. The van der Waals surface area contributed by atoms with Crippen LogP contribution < -0.4 is 15.4 Å². The van der Waals surface area contributed by atoms with Gasteiger partial charge in [-0.2, -0.15) is 0 Å². The fourth-order valence-electron chi connectivity index (χ4n) is 3.29. The maximum absolute atomic E-state index is 12.2. The number of benzene rings is 2. The number of ether oxygens (including phenoxy) is 1. The maximum Gasteiger partial charge on any atom is 0.315 e. The predicted octanol–water partition coefficient (Wildman–Crippen LogP) is 3.47. The van der Waals surface area contributed by atoms with Gasteiger partial charge in [0.05, 0.1) is 7.11 Å². The summed E-state index contributed by atoms with van der Waals surface area (Å²) in [5, 5.41) is 5.76. The highest BCUT2D eigenvalue weighted by Crippen LogP contribution is 2.19. The second kappa shape index (κ2) is 9.09. The van der Waals surface area contributed by atoms with Gasteiger partial charge in [-0.3, -0.25) is 4.57 Å². The van der Waals surface area contributed by atoms with Crippen molar-refractivity contribution in [3.8, 4) is 11.4 Å². The Kier molecular flexibility index (Phi) is 5.89. The third kappa shape index (κ3) is 4.41. The van der Waals surface area contributed by atoms with Crippen LogP contribution in [0.2, 0.25) is 0 Å². The Morgan fingerprint density at radius 1 is 1.03 bits per heavy atom. The van der Waals surface area contributed by atoms with Gasteiger partial charge in [0.15, 0.2) is 5.65 Å². The molecule has 0 saturated carbocycles. The third-order valence-corrected chi connectivity index (χ3v) is 4.72. The molecule has 0 aliphatic heterocycles. The summed E-state index contributed by atoms with van der Waals surface area (Å²) in [7, 11) is 1.62. The lowest BCUT2D eigenvalue weighted by molar-refractivity contribution is 0.240. The average Bonchev–Trinajstić information content (AvgIpc) is 3.16. The molecular formula is C23H23N5O2. The zero-order valence-electron chi connectivity index (χ0n) is 16.7. The Morgan fingerprint density at radius 2 is 1.90 bits per heavy atom. The lowest BCUT2D eigenvalue weighted by Crippen LogP contribution is -2.36. The van der Waals surface area contributed by atoms with Gasteiger partial charge >= 0.3 is 6.03 Å². The summed E-state index contributed by atoms with van der Waals surface area (Å²) in [6, 6.07) is 21.2. The topological polar surface area (TPSA) is 81.1 Å². The van der Waals surface area contributed by atoms with E-state index in [2.05, 4.69) is 15.6 Å². The number of pyridine rings is 1. The smallest absolute Gasteiger partial charge is 0.315 e. The van der Waals surface area contributed by atoms with Crippen molar-refractivity contribution in [3.05, 3.63) is 84.3 Å². The quantitative estimate of drug-likeness (QED) is 0.497. The SMILES string of the molecule is COc1cccc(CNC(=O)NCCc2nc3cccnc3n2-c2ccccc2)c1. The van der Waals surface area contributed by atoms with Gasteiger partial charge in [0.2, 0.25) is 0 Å². The summed E-state index contributed by atoms with van der Waals surface area (Å²) >= 11 is 0. The molecule has 0 radical (unpaired) electrons. The molecule has 2 N–H and O–H groups in total. The molecule has 0 bridgehead atoms. The van der Waals surface area contributed by atoms with Crippen LogP contribution in [0.1, 0.15) is 11.4 Å². The molecule has 0 unspecified atom stereocenters. The van der Waals surface area contributed by atoms with Gasteiger partial charge in [-0.1, -0.05) is 30.3 Å². The number of nitrogens with zero attached hydrogens (tertiary/aromatic N) is 3. The molecule has 0 aliphatic rings. The molecule has 2 aromatic carbocycles. The molecule has 2 amide bonds. The number of urea groups is 1. The lowest BCUT2D eigenvalue weighted by atomic mass is 10.2. The van der Waals surface area contributed by atoms with Crippen LogP contribution in [0.5, 0.6) is 5.75 Å². The van der Waals surface area contributed by atoms with E-state index in [1.807, 2.05) is 71.3 Å². The first kappa shape index (κ1) is 19.4. The number of rotatable bonds is 7. The molecule has 0 aliphatic carbocycles. The van der Waals surface area contributed by atoms with E-state index in [1.165, 1.54) is 0 Å². The van der Waals surface area contributed by atoms with Gasteiger partial charge < -0.3 is 15.4 Å². The number of para-hydroxylation sites is 1. The maximum atomic E-state index is 12.2. The van der Waals surface area contributed by atoms with Gasteiger partial charge in [-0.25, -0.2) is 14.8 Å². The van der Waals surface area contributed by atoms with Crippen molar-refractivity contribution in [2.75, 3.05) is 13.7 Å². The van der Waals surface area contributed by atoms with Crippen LogP contribution in [0.25, 0.3) is 16.9 Å². The number of methoxy groups -OCH3 is 1. The van der Waals surface area contributed by atoms with E-state index in [-0.39, 0.29) is 6.03 Å². The predicted molar refractivity (Wildman–Crippen MR) is 116 cm³/mol. The summed E-state index contributed by atoms with van der Waals surface area (Å²) in [5.74, 6) is 1.62. The first-order valence-electron chi connectivity index (χ1n) is 9.77. The number of fused-ring (bicyclic) bond motifs is 1. The Morgan fingerprint density at radius 3 is 2.73 bits per heavy atom. The molecule has 2 heterocycles. The molecule has 7 nitrogen and oxygen atoms in total. The average molecular weight is 401 g/mol. The third-order valence-electron chi connectivity index (χ3n) is 4.72. The van der Waals surface area contributed by atoms with E-state index in [4.69, 9.17) is 9.72 Å². The van der Waals surface area contributed by atoms with Gasteiger partial charge in [0.25, 0.3) is 0 Å². The van der Waals surface area contributed by atoms with Crippen LogP contribution in [0, 0.1) is 0 Å². The molecule has 0 saturated heterocycles. The van der Waals surface area contributed by atoms with Gasteiger partial charge in [-0.05, 0) is 42.0 Å². The second-order valence-electron chi connectivity index (χ2n) is 6.76. The van der Waals surface area contributed by atoms with Crippen molar-refractivity contribution in [2.45, 2.75) is 13.0 Å². The van der Waals surface area contributed by atoms with E-state index in [0.29, 0.717) is 19.5 Å². The Labute approximate surface area is 174 Å². The molecule has 4 rings (SSSR count). The molecule has 0 fully saturated rings. The standard InChI is InChI=1S/C23H23N5O2/c1-30-19-10-5-7-17(15-19)16-26-23(29)25-14-12-21-27-20-11-6-13-24-22(20)28(21)18-8-3-2-4-9-18/h2-11,13,15H,12,14,16H2,1H3,(H2,25,26,29). The van der Waals surface area contributed by atoms with Crippen LogP contribution in [-0.4, -0.2) is 34.2 Å². The Bertz CT molecular complexity index is 1140. The zero-order valence-corrected chi connectivity index (χ0v) is 16.7.